The second-order valence-electron chi connectivity index (χ2n) is 4.23. The fraction of sp³-hybridized carbons (Fsp3) is 0.0667. The Labute approximate surface area is 135 Å². The molecule has 4 nitrogen and oxygen atoms in total. The molecular weight excluding hydrogens is 356 g/mol. The summed E-state index contributed by atoms with van der Waals surface area (Å²) in [6, 6.07) is 13.6. The molecule has 0 saturated carbocycles. The molecule has 0 fully saturated rings. The van der Waals surface area contributed by atoms with Gasteiger partial charge in [-0.05, 0) is 36.4 Å². The number of nitrogens with one attached hydrogen (secondary N) is 2. The second kappa shape index (κ2) is 7.24. The first-order chi connectivity index (χ1) is 10.1. The summed E-state index contributed by atoms with van der Waals surface area (Å²) in [5.41, 5.74) is 1.67. The molecule has 0 unspecified atom stereocenters. The summed E-state index contributed by atoms with van der Waals surface area (Å²) < 4.78 is 0. The molecule has 0 heterocycles. The van der Waals surface area contributed by atoms with Crippen LogP contribution < -0.4 is 10.6 Å². The highest BCUT2D eigenvalue weighted by molar-refractivity contribution is 9.09. The van der Waals surface area contributed by atoms with Crippen molar-refractivity contribution in [1.29, 1.82) is 0 Å². The van der Waals surface area contributed by atoms with Gasteiger partial charge in [0.2, 0.25) is 5.91 Å². The van der Waals surface area contributed by atoms with E-state index in [4.69, 9.17) is 11.6 Å². The number of halogens is 2. The van der Waals surface area contributed by atoms with Crippen molar-refractivity contribution in [3.05, 3.63) is 59.1 Å². The van der Waals surface area contributed by atoms with Gasteiger partial charge in [-0.2, -0.15) is 0 Å². The first-order valence-electron chi connectivity index (χ1n) is 6.11. The van der Waals surface area contributed by atoms with Gasteiger partial charge in [0.1, 0.15) is 0 Å². The molecular formula is C15H12BrClN2O2. The fourth-order valence-corrected chi connectivity index (χ4v) is 2.03. The molecule has 2 amide bonds. The van der Waals surface area contributed by atoms with Crippen molar-refractivity contribution < 1.29 is 9.59 Å². The zero-order valence-electron chi connectivity index (χ0n) is 10.9. The Kier molecular flexibility index (Phi) is 5.36. The Bertz CT molecular complexity index is 676. The van der Waals surface area contributed by atoms with Crippen LogP contribution in [-0.2, 0) is 4.79 Å². The summed E-state index contributed by atoms with van der Waals surface area (Å²) in [6.45, 7) is 0. The highest BCUT2D eigenvalue weighted by Crippen LogP contribution is 2.17. The van der Waals surface area contributed by atoms with Crippen LogP contribution >= 0.6 is 27.5 Å². The molecule has 108 valence electrons. The number of benzene rings is 2. The van der Waals surface area contributed by atoms with Gasteiger partial charge in [-0.15, -0.1) is 0 Å². The molecule has 6 heteroatoms. The molecule has 2 aromatic rings. The Balaban J connectivity index is 2.11. The van der Waals surface area contributed by atoms with Crippen LogP contribution in [0.4, 0.5) is 11.4 Å². The van der Waals surface area contributed by atoms with Gasteiger partial charge >= 0.3 is 0 Å². The van der Waals surface area contributed by atoms with Gasteiger partial charge in [0.25, 0.3) is 5.91 Å². The zero-order valence-corrected chi connectivity index (χ0v) is 13.2. The summed E-state index contributed by atoms with van der Waals surface area (Å²) in [4.78, 5) is 23.4. The summed E-state index contributed by atoms with van der Waals surface area (Å²) >= 11 is 8.93. The molecule has 0 radical (unpaired) electrons. The maximum Gasteiger partial charge on any atom is 0.255 e. The smallest absolute Gasteiger partial charge is 0.255 e. The van der Waals surface area contributed by atoms with Crippen LogP contribution in [0.15, 0.2) is 48.5 Å². The Morgan fingerprint density at radius 2 is 1.67 bits per heavy atom. The predicted octanol–water partition coefficient (Wildman–Crippen LogP) is 3.93. The molecule has 0 aliphatic rings. The lowest BCUT2D eigenvalue weighted by molar-refractivity contribution is -0.113. The Morgan fingerprint density at radius 3 is 2.33 bits per heavy atom. The molecule has 2 aromatic carbocycles. The number of hydrogen-bond acceptors (Lipinski definition) is 2. The van der Waals surface area contributed by atoms with E-state index in [0.717, 1.165) is 0 Å². The van der Waals surface area contributed by atoms with E-state index in [1.165, 1.54) is 0 Å². The quantitative estimate of drug-likeness (QED) is 0.805. The number of alkyl halides is 1. The van der Waals surface area contributed by atoms with Crippen LogP contribution in [0.25, 0.3) is 0 Å². The van der Waals surface area contributed by atoms with Crippen molar-refractivity contribution in [2.45, 2.75) is 0 Å². The van der Waals surface area contributed by atoms with Gasteiger partial charge in [0.15, 0.2) is 0 Å². The van der Waals surface area contributed by atoms with Crippen molar-refractivity contribution in [2.75, 3.05) is 16.0 Å². The summed E-state index contributed by atoms with van der Waals surface area (Å²) in [7, 11) is 0. The highest BCUT2D eigenvalue weighted by atomic mass is 79.9. The van der Waals surface area contributed by atoms with Gasteiger partial charge in [0.05, 0.1) is 5.33 Å². The van der Waals surface area contributed by atoms with E-state index in [2.05, 4.69) is 26.6 Å². The number of carbonyl (C=O) groups is 2. The minimum atomic E-state index is -0.263. The van der Waals surface area contributed by atoms with E-state index in [0.29, 0.717) is 22.0 Å². The van der Waals surface area contributed by atoms with Crippen LogP contribution in [0.1, 0.15) is 10.4 Å². The summed E-state index contributed by atoms with van der Waals surface area (Å²) in [6.07, 6.45) is 0. The number of amides is 2. The van der Waals surface area contributed by atoms with Crippen LogP contribution in [0.3, 0.4) is 0 Å². The third-order valence-corrected chi connectivity index (χ3v) is 3.36. The molecule has 0 aliphatic heterocycles. The topological polar surface area (TPSA) is 58.2 Å². The van der Waals surface area contributed by atoms with Crippen molar-refractivity contribution in [3.63, 3.8) is 0 Å². The summed E-state index contributed by atoms with van der Waals surface area (Å²) in [5, 5.41) is 6.17. The standard InChI is InChI=1S/C15H12BrClN2O2/c16-9-14(20)18-12-5-2-6-13(8-12)19-15(21)10-3-1-4-11(17)7-10/h1-8H,9H2,(H,18,20)(H,19,21). The molecule has 2 rings (SSSR count). The molecule has 0 saturated heterocycles. The second-order valence-corrected chi connectivity index (χ2v) is 5.22. The highest BCUT2D eigenvalue weighted by Gasteiger charge is 2.07. The minimum Gasteiger partial charge on any atom is -0.325 e. The first kappa shape index (κ1) is 15.5. The maximum atomic E-state index is 12.1. The third kappa shape index (κ3) is 4.58. The lowest BCUT2D eigenvalue weighted by Crippen LogP contribution is -2.14. The molecule has 21 heavy (non-hydrogen) atoms. The zero-order chi connectivity index (χ0) is 15.2. The third-order valence-electron chi connectivity index (χ3n) is 2.61. The largest absolute Gasteiger partial charge is 0.325 e. The lowest BCUT2D eigenvalue weighted by Gasteiger charge is -2.08. The SMILES string of the molecule is O=C(CBr)Nc1cccc(NC(=O)c2cccc(Cl)c2)c1. The van der Waals surface area contributed by atoms with Gasteiger partial charge in [-0.3, -0.25) is 9.59 Å². The molecule has 0 spiro atoms. The van der Waals surface area contributed by atoms with Crippen LogP contribution in [0, 0.1) is 0 Å². The van der Waals surface area contributed by atoms with Gasteiger partial charge in [0, 0.05) is 22.0 Å². The number of carbonyl (C=O) groups excluding carboxylic acids is 2. The average molecular weight is 368 g/mol. The van der Waals surface area contributed by atoms with Gasteiger partial charge < -0.3 is 10.6 Å². The Hall–Kier alpha value is -1.85. The maximum absolute atomic E-state index is 12.1. The van der Waals surface area contributed by atoms with Crippen molar-refractivity contribution >= 4 is 50.7 Å². The Morgan fingerprint density at radius 1 is 1.00 bits per heavy atom. The van der Waals surface area contributed by atoms with Crippen LogP contribution in [0.5, 0.6) is 0 Å². The number of anilines is 2. The molecule has 0 bridgehead atoms. The van der Waals surface area contributed by atoms with E-state index in [-0.39, 0.29) is 17.1 Å². The predicted molar refractivity (Wildman–Crippen MR) is 88.3 cm³/mol. The lowest BCUT2D eigenvalue weighted by atomic mass is 10.2. The van der Waals surface area contributed by atoms with Crippen molar-refractivity contribution in [2.24, 2.45) is 0 Å². The molecule has 2 N–H and O–H groups in total. The molecule has 0 aliphatic carbocycles. The van der Waals surface area contributed by atoms with E-state index < -0.39 is 0 Å². The fourth-order valence-electron chi connectivity index (χ4n) is 1.70. The van der Waals surface area contributed by atoms with Crippen LogP contribution in [0.2, 0.25) is 5.02 Å². The van der Waals surface area contributed by atoms with Gasteiger partial charge in [-0.1, -0.05) is 39.7 Å². The van der Waals surface area contributed by atoms with Gasteiger partial charge in [-0.25, -0.2) is 0 Å². The number of hydrogen-bond donors (Lipinski definition) is 2. The summed E-state index contributed by atoms with van der Waals surface area (Å²) in [5.74, 6) is -0.421. The van der Waals surface area contributed by atoms with E-state index >= 15 is 0 Å². The monoisotopic (exact) mass is 366 g/mol. The minimum absolute atomic E-state index is 0.159. The van der Waals surface area contributed by atoms with E-state index in [1.807, 2.05) is 0 Å². The van der Waals surface area contributed by atoms with Crippen molar-refractivity contribution in [1.82, 2.24) is 0 Å². The van der Waals surface area contributed by atoms with Crippen molar-refractivity contribution in [3.8, 4) is 0 Å². The number of rotatable bonds is 4. The van der Waals surface area contributed by atoms with E-state index in [1.54, 1.807) is 48.5 Å². The average Bonchev–Trinajstić information content (AvgIpc) is 2.47. The van der Waals surface area contributed by atoms with E-state index in [9.17, 15) is 9.59 Å². The molecule has 0 atom stereocenters. The normalized spacial score (nSPS) is 10.0. The van der Waals surface area contributed by atoms with Crippen LogP contribution in [-0.4, -0.2) is 17.1 Å². The molecule has 0 aromatic heterocycles. The first-order valence-corrected chi connectivity index (χ1v) is 7.61.